The molecule has 1 heterocycles. The third-order valence-corrected chi connectivity index (χ3v) is 3.55. The molecule has 0 radical (unpaired) electrons. The van der Waals surface area contributed by atoms with Gasteiger partial charge in [0.15, 0.2) is 0 Å². The first-order valence-corrected chi connectivity index (χ1v) is 6.41. The van der Waals surface area contributed by atoms with Crippen molar-refractivity contribution in [2.75, 3.05) is 19.8 Å². The molecule has 0 aromatic heterocycles. The molecule has 1 aromatic carbocycles. The molecule has 2 rings (SSSR count). The van der Waals surface area contributed by atoms with Gasteiger partial charge >= 0.3 is 0 Å². The molecule has 0 saturated carbocycles. The van der Waals surface area contributed by atoms with Gasteiger partial charge in [0.05, 0.1) is 25.7 Å². The summed E-state index contributed by atoms with van der Waals surface area (Å²) in [5, 5.41) is 9.09. The summed E-state index contributed by atoms with van der Waals surface area (Å²) in [6, 6.07) is 12.8. The van der Waals surface area contributed by atoms with Crippen molar-refractivity contribution in [3.63, 3.8) is 0 Å². The van der Waals surface area contributed by atoms with E-state index < -0.39 is 0 Å². The van der Waals surface area contributed by atoms with Crippen LogP contribution in [-0.4, -0.2) is 30.2 Å². The summed E-state index contributed by atoms with van der Waals surface area (Å²) < 4.78 is 5.55. The number of nitrogens with zero attached hydrogens (tertiary/aromatic N) is 2. The van der Waals surface area contributed by atoms with Gasteiger partial charge in [-0.1, -0.05) is 30.3 Å². The molecule has 1 atom stereocenters. The lowest BCUT2D eigenvalue weighted by Crippen LogP contribution is -2.54. The highest BCUT2D eigenvalue weighted by Gasteiger charge is 2.35. The number of morpholine rings is 1. The summed E-state index contributed by atoms with van der Waals surface area (Å²) in [5.41, 5.74) is 1.20. The summed E-state index contributed by atoms with van der Waals surface area (Å²) in [4.78, 5) is 2.40. The van der Waals surface area contributed by atoms with Crippen molar-refractivity contribution in [3.05, 3.63) is 35.9 Å². The fourth-order valence-corrected chi connectivity index (χ4v) is 2.62. The third-order valence-electron chi connectivity index (χ3n) is 3.55. The summed E-state index contributed by atoms with van der Waals surface area (Å²) in [6.45, 7) is 6.72. The first-order valence-electron chi connectivity index (χ1n) is 6.41. The van der Waals surface area contributed by atoms with E-state index in [0.29, 0.717) is 6.42 Å². The SMILES string of the molecule is CC1(C)COCCN1C(CC#N)c1ccccc1. The molecule has 0 amide bonds. The number of ether oxygens (including phenoxy) is 1. The van der Waals surface area contributed by atoms with E-state index in [4.69, 9.17) is 10.00 Å². The zero-order valence-electron chi connectivity index (χ0n) is 11.1. The third kappa shape index (κ3) is 2.72. The lowest BCUT2D eigenvalue weighted by molar-refractivity contribution is -0.0722. The standard InChI is InChI=1S/C15H20N2O/c1-15(2)12-18-11-10-17(15)14(8-9-16)13-6-4-3-5-7-13/h3-7,14H,8,10-12H2,1-2H3. The van der Waals surface area contributed by atoms with Crippen LogP contribution >= 0.6 is 0 Å². The van der Waals surface area contributed by atoms with Crippen molar-refractivity contribution in [1.82, 2.24) is 4.90 Å². The van der Waals surface area contributed by atoms with Crippen molar-refractivity contribution in [2.45, 2.75) is 31.8 Å². The fourth-order valence-electron chi connectivity index (χ4n) is 2.62. The van der Waals surface area contributed by atoms with Crippen LogP contribution in [0.2, 0.25) is 0 Å². The van der Waals surface area contributed by atoms with Crippen molar-refractivity contribution < 1.29 is 4.74 Å². The predicted molar refractivity (Wildman–Crippen MR) is 71.0 cm³/mol. The molecular weight excluding hydrogens is 224 g/mol. The van der Waals surface area contributed by atoms with Gasteiger partial charge in [0.1, 0.15) is 0 Å². The predicted octanol–water partition coefficient (Wildman–Crippen LogP) is 2.75. The highest BCUT2D eigenvalue weighted by molar-refractivity contribution is 5.21. The first-order chi connectivity index (χ1) is 8.65. The number of nitriles is 1. The zero-order chi connectivity index (χ0) is 13.0. The van der Waals surface area contributed by atoms with Gasteiger partial charge in [-0.2, -0.15) is 5.26 Å². The Bertz CT molecular complexity index is 422. The van der Waals surface area contributed by atoms with Crippen LogP contribution in [0.15, 0.2) is 30.3 Å². The van der Waals surface area contributed by atoms with Gasteiger partial charge in [-0.3, -0.25) is 4.90 Å². The molecule has 96 valence electrons. The monoisotopic (exact) mass is 244 g/mol. The molecule has 0 N–H and O–H groups in total. The maximum absolute atomic E-state index is 9.09. The van der Waals surface area contributed by atoms with Crippen molar-refractivity contribution in [3.8, 4) is 6.07 Å². The quantitative estimate of drug-likeness (QED) is 0.820. The Kier molecular flexibility index (Phi) is 4.00. The van der Waals surface area contributed by atoms with E-state index in [2.05, 4.69) is 36.9 Å². The number of rotatable bonds is 3. The highest BCUT2D eigenvalue weighted by atomic mass is 16.5. The smallest absolute Gasteiger partial charge is 0.0645 e. The second-order valence-corrected chi connectivity index (χ2v) is 5.35. The van der Waals surface area contributed by atoms with Gasteiger partial charge < -0.3 is 4.74 Å². The van der Waals surface area contributed by atoms with Crippen LogP contribution in [0.3, 0.4) is 0 Å². The van der Waals surface area contributed by atoms with E-state index in [1.165, 1.54) is 5.56 Å². The average molecular weight is 244 g/mol. The normalized spacial score (nSPS) is 21.2. The maximum Gasteiger partial charge on any atom is 0.0645 e. The van der Waals surface area contributed by atoms with Crippen LogP contribution in [0.5, 0.6) is 0 Å². The molecule has 0 aliphatic carbocycles. The Morgan fingerprint density at radius 2 is 2.11 bits per heavy atom. The Balaban J connectivity index is 2.27. The van der Waals surface area contributed by atoms with E-state index in [0.717, 1.165) is 19.8 Å². The Morgan fingerprint density at radius 3 is 2.72 bits per heavy atom. The minimum Gasteiger partial charge on any atom is -0.378 e. The molecule has 3 nitrogen and oxygen atoms in total. The lowest BCUT2D eigenvalue weighted by atomic mass is 9.94. The summed E-state index contributed by atoms with van der Waals surface area (Å²) in [5.74, 6) is 0. The van der Waals surface area contributed by atoms with Gasteiger partial charge in [-0.15, -0.1) is 0 Å². The average Bonchev–Trinajstić information content (AvgIpc) is 2.37. The Labute approximate surface area is 109 Å². The van der Waals surface area contributed by atoms with Gasteiger partial charge in [-0.25, -0.2) is 0 Å². The van der Waals surface area contributed by atoms with Crippen molar-refractivity contribution in [2.24, 2.45) is 0 Å². The molecule has 1 aliphatic rings. The van der Waals surface area contributed by atoms with Gasteiger partial charge in [0.2, 0.25) is 0 Å². The first kappa shape index (κ1) is 13.1. The van der Waals surface area contributed by atoms with Crippen LogP contribution in [0, 0.1) is 11.3 Å². The van der Waals surface area contributed by atoms with E-state index in [9.17, 15) is 0 Å². The van der Waals surface area contributed by atoms with Gasteiger partial charge in [0.25, 0.3) is 0 Å². The second kappa shape index (κ2) is 5.51. The zero-order valence-corrected chi connectivity index (χ0v) is 11.1. The fraction of sp³-hybridized carbons (Fsp3) is 0.533. The van der Waals surface area contributed by atoms with Gasteiger partial charge in [-0.05, 0) is 19.4 Å². The summed E-state index contributed by atoms with van der Waals surface area (Å²) in [6.07, 6.45) is 0.521. The molecule has 0 bridgehead atoms. The van der Waals surface area contributed by atoms with E-state index in [1.807, 2.05) is 18.2 Å². The molecule has 1 saturated heterocycles. The highest BCUT2D eigenvalue weighted by Crippen LogP contribution is 2.32. The van der Waals surface area contributed by atoms with Crippen LogP contribution in [0.25, 0.3) is 0 Å². The topological polar surface area (TPSA) is 36.3 Å². The van der Waals surface area contributed by atoms with Crippen LogP contribution in [0.4, 0.5) is 0 Å². The lowest BCUT2D eigenvalue weighted by Gasteiger charge is -2.46. The largest absolute Gasteiger partial charge is 0.378 e. The maximum atomic E-state index is 9.09. The molecular formula is C15H20N2O. The van der Waals surface area contributed by atoms with Gasteiger partial charge in [0, 0.05) is 18.1 Å². The minimum atomic E-state index is -0.0182. The van der Waals surface area contributed by atoms with E-state index >= 15 is 0 Å². The second-order valence-electron chi connectivity index (χ2n) is 5.35. The van der Waals surface area contributed by atoms with Crippen molar-refractivity contribution >= 4 is 0 Å². The van der Waals surface area contributed by atoms with E-state index in [-0.39, 0.29) is 11.6 Å². The number of hydrogen-bond acceptors (Lipinski definition) is 3. The molecule has 3 heteroatoms. The number of benzene rings is 1. The molecule has 0 spiro atoms. The van der Waals surface area contributed by atoms with Crippen LogP contribution in [0.1, 0.15) is 31.9 Å². The molecule has 18 heavy (non-hydrogen) atoms. The minimum absolute atomic E-state index is 0.0182. The Morgan fingerprint density at radius 1 is 1.39 bits per heavy atom. The van der Waals surface area contributed by atoms with Crippen LogP contribution < -0.4 is 0 Å². The summed E-state index contributed by atoms with van der Waals surface area (Å²) in [7, 11) is 0. The van der Waals surface area contributed by atoms with Crippen LogP contribution in [-0.2, 0) is 4.74 Å². The molecule has 1 aromatic rings. The molecule has 1 aliphatic heterocycles. The summed E-state index contributed by atoms with van der Waals surface area (Å²) >= 11 is 0. The molecule has 1 unspecified atom stereocenters. The van der Waals surface area contributed by atoms with Crippen molar-refractivity contribution in [1.29, 1.82) is 5.26 Å². The molecule has 1 fully saturated rings. The Hall–Kier alpha value is -1.37. The van der Waals surface area contributed by atoms with E-state index in [1.54, 1.807) is 0 Å². The number of hydrogen-bond donors (Lipinski definition) is 0.